The van der Waals surface area contributed by atoms with Gasteiger partial charge in [-0.2, -0.15) is 5.10 Å². The molecular weight excluding hydrogens is 334 g/mol. The van der Waals surface area contributed by atoms with Crippen molar-refractivity contribution in [1.82, 2.24) is 19.6 Å². The standard InChI is InChI=1S/C22H37N5/c1-3-25(4-2)17-10-14-23-22-20-12-6-7-13-21(20)27(24-22)19-11-18-26-15-8-5-9-16-26/h6-7,12-13H,3-5,8-11,14-19H2,1-2H3,(H,23,24). The summed E-state index contributed by atoms with van der Waals surface area (Å²) in [7, 11) is 0. The summed E-state index contributed by atoms with van der Waals surface area (Å²) in [5.74, 6) is 1.04. The summed E-state index contributed by atoms with van der Waals surface area (Å²) < 4.78 is 2.20. The third-order valence-corrected chi connectivity index (χ3v) is 5.79. The third-order valence-electron chi connectivity index (χ3n) is 5.79. The van der Waals surface area contributed by atoms with Gasteiger partial charge in [0.25, 0.3) is 0 Å². The molecule has 1 aliphatic heterocycles. The minimum atomic E-state index is 0.977. The molecule has 0 bridgehead atoms. The van der Waals surface area contributed by atoms with E-state index in [9.17, 15) is 0 Å². The first kappa shape index (κ1) is 20.2. The fraction of sp³-hybridized carbons (Fsp3) is 0.682. The maximum absolute atomic E-state index is 4.90. The van der Waals surface area contributed by atoms with Crippen LogP contribution >= 0.6 is 0 Å². The lowest BCUT2D eigenvalue weighted by molar-refractivity contribution is 0.222. The Hall–Kier alpha value is -1.59. The zero-order valence-corrected chi connectivity index (χ0v) is 17.3. The number of hydrogen-bond acceptors (Lipinski definition) is 4. The van der Waals surface area contributed by atoms with E-state index in [1.807, 2.05) is 0 Å². The smallest absolute Gasteiger partial charge is 0.155 e. The van der Waals surface area contributed by atoms with Crippen LogP contribution in [0.4, 0.5) is 5.82 Å². The third kappa shape index (κ3) is 5.69. The number of aryl methyl sites for hydroxylation is 1. The van der Waals surface area contributed by atoms with Crippen LogP contribution in [0.2, 0.25) is 0 Å². The molecule has 27 heavy (non-hydrogen) atoms. The number of likely N-dealkylation sites (tertiary alicyclic amines) is 1. The van der Waals surface area contributed by atoms with Gasteiger partial charge in [-0.3, -0.25) is 4.68 Å². The molecule has 1 saturated heterocycles. The molecule has 0 unspecified atom stereocenters. The first-order valence-corrected chi connectivity index (χ1v) is 11.0. The predicted octanol–water partition coefficient (Wildman–Crippen LogP) is 4.06. The summed E-state index contributed by atoms with van der Waals surface area (Å²) in [5, 5.41) is 9.73. The van der Waals surface area contributed by atoms with Gasteiger partial charge in [-0.15, -0.1) is 0 Å². The van der Waals surface area contributed by atoms with Crippen LogP contribution in [0.15, 0.2) is 24.3 Å². The van der Waals surface area contributed by atoms with E-state index in [2.05, 4.69) is 57.9 Å². The number of nitrogens with one attached hydrogen (secondary N) is 1. The molecule has 5 heteroatoms. The van der Waals surface area contributed by atoms with Crippen LogP contribution in [0.5, 0.6) is 0 Å². The lowest BCUT2D eigenvalue weighted by Gasteiger charge is -2.26. The van der Waals surface area contributed by atoms with Crippen molar-refractivity contribution in [3.05, 3.63) is 24.3 Å². The van der Waals surface area contributed by atoms with Gasteiger partial charge in [0.2, 0.25) is 0 Å². The van der Waals surface area contributed by atoms with Crippen molar-refractivity contribution in [2.75, 3.05) is 51.1 Å². The zero-order valence-electron chi connectivity index (χ0n) is 17.3. The van der Waals surface area contributed by atoms with E-state index in [0.717, 1.165) is 45.0 Å². The van der Waals surface area contributed by atoms with Crippen molar-refractivity contribution in [3.63, 3.8) is 0 Å². The average molecular weight is 372 g/mol. The molecule has 0 aliphatic carbocycles. The summed E-state index contributed by atoms with van der Waals surface area (Å²) in [4.78, 5) is 5.08. The Morgan fingerprint density at radius 2 is 1.78 bits per heavy atom. The molecule has 0 saturated carbocycles. The molecule has 0 radical (unpaired) electrons. The number of anilines is 1. The Kier molecular flexibility index (Phi) is 7.96. The van der Waals surface area contributed by atoms with Crippen molar-refractivity contribution in [2.24, 2.45) is 0 Å². The van der Waals surface area contributed by atoms with Crippen molar-refractivity contribution in [2.45, 2.75) is 52.5 Å². The Morgan fingerprint density at radius 1 is 1.00 bits per heavy atom. The van der Waals surface area contributed by atoms with Gasteiger partial charge in [-0.1, -0.05) is 32.4 Å². The largest absolute Gasteiger partial charge is 0.368 e. The number of rotatable bonds is 11. The van der Waals surface area contributed by atoms with E-state index >= 15 is 0 Å². The Bertz CT molecular complexity index is 670. The van der Waals surface area contributed by atoms with Gasteiger partial charge in [-0.05, 0) is 77.1 Å². The number of para-hydroxylation sites is 1. The van der Waals surface area contributed by atoms with Gasteiger partial charge >= 0.3 is 0 Å². The molecule has 5 nitrogen and oxygen atoms in total. The van der Waals surface area contributed by atoms with Crippen molar-refractivity contribution in [1.29, 1.82) is 0 Å². The number of benzene rings is 1. The fourth-order valence-electron chi connectivity index (χ4n) is 4.10. The second kappa shape index (κ2) is 10.7. The van der Waals surface area contributed by atoms with E-state index < -0.39 is 0 Å². The van der Waals surface area contributed by atoms with Crippen molar-refractivity contribution >= 4 is 16.7 Å². The van der Waals surface area contributed by atoms with Crippen LogP contribution in [-0.4, -0.2) is 65.4 Å². The Morgan fingerprint density at radius 3 is 2.56 bits per heavy atom. The molecule has 1 aliphatic rings. The van der Waals surface area contributed by atoms with Crippen molar-refractivity contribution < 1.29 is 0 Å². The van der Waals surface area contributed by atoms with Gasteiger partial charge in [-0.25, -0.2) is 0 Å². The van der Waals surface area contributed by atoms with Crippen LogP contribution < -0.4 is 5.32 Å². The zero-order chi connectivity index (χ0) is 18.9. The SMILES string of the molecule is CCN(CC)CCCNc1nn(CCCN2CCCCC2)c2ccccc12. The highest BCUT2D eigenvalue weighted by molar-refractivity contribution is 5.90. The van der Waals surface area contributed by atoms with E-state index in [1.54, 1.807) is 0 Å². The van der Waals surface area contributed by atoms with Crippen LogP contribution in [0.25, 0.3) is 10.9 Å². The van der Waals surface area contributed by atoms with Gasteiger partial charge in [0.1, 0.15) is 0 Å². The second-order valence-corrected chi connectivity index (χ2v) is 7.65. The first-order chi connectivity index (χ1) is 13.3. The van der Waals surface area contributed by atoms with Gasteiger partial charge < -0.3 is 15.1 Å². The summed E-state index contributed by atoms with van der Waals surface area (Å²) in [6, 6.07) is 8.62. The maximum Gasteiger partial charge on any atom is 0.155 e. The summed E-state index contributed by atoms with van der Waals surface area (Å²) in [5.41, 5.74) is 1.25. The van der Waals surface area contributed by atoms with Crippen LogP contribution in [0.1, 0.15) is 46.0 Å². The highest BCUT2D eigenvalue weighted by atomic mass is 15.3. The molecular formula is C22H37N5. The minimum absolute atomic E-state index is 0.977. The molecule has 0 amide bonds. The minimum Gasteiger partial charge on any atom is -0.368 e. The molecule has 1 fully saturated rings. The van der Waals surface area contributed by atoms with Gasteiger partial charge in [0, 0.05) is 18.5 Å². The van der Waals surface area contributed by atoms with Crippen molar-refractivity contribution in [3.8, 4) is 0 Å². The molecule has 1 N–H and O–H groups in total. The molecule has 1 aromatic heterocycles. The molecule has 150 valence electrons. The number of hydrogen-bond donors (Lipinski definition) is 1. The Labute approximate surface area is 164 Å². The van der Waals surface area contributed by atoms with E-state index in [0.29, 0.717) is 0 Å². The van der Waals surface area contributed by atoms with E-state index in [4.69, 9.17) is 5.10 Å². The summed E-state index contributed by atoms with van der Waals surface area (Å²) in [6.45, 7) is 13.6. The van der Waals surface area contributed by atoms with Crippen LogP contribution in [0, 0.1) is 0 Å². The second-order valence-electron chi connectivity index (χ2n) is 7.65. The molecule has 3 rings (SSSR count). The summed E-state index contributed by atoms with van der Waals surface area (Å²) in [6.07, 6.45) is 6.47. The first-order valence-electron chi connectivity index (χ1n) is 11.0. The Balaban J connectivity index is 1.54. The highest BCUT2D eigenvalue weighted by Gasteiger charge is 2.12. The van der Waals surface area contributed by atoms with E-state index in [-0.39, 0.29) is 0 Å². The maximum atomic E-state index is 4.90. The van der Waals surface area contributed by atoms with Gasteiger partial charge in [0.05, 0.1) is 5.52 Å². The normalized spacial score (nSPS) is 15.7. The number of fused-ring (bicyclic) bond motifs is 1. The number of aromatic nitrogens is 2. The topological polar surface area (TPSA) is 36.3 Å². The monoisotopic (exact) mass is 371 g/mol. The van der Waals surface area contributed by atoms with E-state index in [1.165, 1.54) is 56.2 Å². The highest BCUT2D eigenvalue weighted by Crippen LogP contribution is 2.23. The molecule has 1 aromatic carbocycles. The molecule has 2 aromatic rings. The molecule has 2 heterocycles. The number of piperidine rings is 1. The fourth-order valence-corrected chi connectivity index (χ4v) is 4.10. The predicted molar refractivity (Wildman–Crippen MR) is 116 cm³/mol. The lowest BCUT2D eigenvalue weighted by atomic mass is 10.1. The summed E-state index contributed by atoms with van der Waals surface area (Å²) >= 11 is 0. The average Bonchev–Trinajstić information content (AvgIpc) is 3.07. The van der Waals surface area contributed by atoms with Crippen LogP contribution in [0.3, 0.4) is 0 Å². The van der Waals surface area contributed by atoms with Gasteiger partial charge in [0.15, 0.2) is 5.82 Å². The molecule has 0 spiro atoms. The lowest BCUT2D eigenvalue weighted by Crippen LogP contribution is -2.31. The van der Waals surface area contributed by atoms with Crippen LogP contribution in [-0.2, 0) is 6.54 Å². The number of nitrogens with zero attached hydrogens (tertiary/aromatic N) is 4. The molecule has 0 atom stereocenters. The quantitative estimate of drug-likeness (QED) is 0.605.